The van der Waals surface area contributed by atoms with E-state index in [0.717, 1.165) is 11.1 Å². The Kier molecular flexibility index (Phi) is 8.48. The van der Waals surface area contributed by atoms with Gasteiger partial charge in [0.25, 0.3) is 5.91 Å². The lowest BCUT2D eigenvalue weighted by molar-refractivity contribution is -0.142. The van der Waals surface area contributed by atoms with E-state index in [1.165, 1.54) is 4.90 Å². The van der Waals surface area contributed by atoms with E-state index >= 15 is 0 Å². The lowest BCUT2D eigenvalue weighted by Crippen LogP contribution is -2.48. The van der Waals surface area contributed by atoms with E-state index in [2.05, 4.69) is 10.3 Å². The number of hydrogen-bond acceptors (Lipinski definition) is 4. The maximum Gasteiger partial charge on any atom is 0.261 e. The SMILES string of the molecule is C[C@@H](C(=O)NCc1cccnc1)N(Cc1ccc(Cl)cc1)C(=O)COc1ccccc1Cl. The molecular weight excluding hydrogens is 449 g/mol. The number of benzene rings is 2. The van der Waals surface area contributed by atoms with Crippen molar-refractivity contribution in [2.24, 2.45) is 0 Å². The number of amides is 2. The van der Waals surface area contributed by atoms with E-state index < -0.39 is 6.04 Å². The zero-order chi connectivity index (χ0) is 22.9. The first-order chi connectivity index (χ1) is 15.4. The Morgan fingerprint density at radius 2 is 1.78 bits per heavy atom. The summed E-state index contributed by atoms with van der Waals surface area (Å²) in [5.41, 5.74) is 1.71. The van der Waals surface area contributed by atoms with E-state index in [9.17, 15) is 9.59 Å². The van der Waals surface area contributed by atoms with Gasteiger partial charge in [0.15, 0.2) is 6.61 Å². The van der Waals surface area contributed by atoms with Gasteiger partial charge in [0.1, 0.15) is 11.8 Å². The molecule has 0 saturated carbocycles. The summed E-state index contributed by atoms with van der Waals surface area (Å²) in [4.78, 5) is 31.4. The summed E-state index contributed by atoms with van der Waals surface area (Å²) in [6, 6.07) is 17.0. The molecule has 3 rings (SSSR count). The highest BCUT2D eigenvalue weighted by atomic mass is 35.5. The van der Waals surface area contributed by atoms with Crippen LogP contribution in [0.5, 0.6) is 5.75 Å². The summed E-state index contributed by atoms with van der Waals surface area (Å²) in [5.74, 6) is -0.222. The Morgan fingerprint density at radius 3 is 2.47 bits per heavy atom. The number of carbonyl (C=O) groups is 2. The molecule has 32 heavy (non-hydrogen) atoms. The largest absolute Gasteiger partial charge is 0.482 e. The molecule has 1 aromatic heterocycles. The molecule has 166 valence electrons. The van der Waals surface area contributed by atoms with Crippen molar-refractivity contribution < 1.29 is 14.3 Å². The van der Waals surface area contributed by atoms with Crippen LogP contribution in [-0.4, -0.2) is 34.3 Å². The average Bonchev–Trinajstić information content (AvgIpc) is 2.81. The second-order valence-corrected chi connectivity index (χ2v) is 7.97. The number of ether oxygens (including phenoxy) is 1. The van der Waals surface area contributed by atoms with Crippen LogP contribution in [0, 0.1) is 0 Å². The van der Waals surface area contributed by atoms with Gasteiger partial charge in [-0.1, -0.05) is 53.5 Å². The minimum atomic E-state index is -0.732. The quantitative estimate of drug-likeness (QED) is 0.498. The molecular formula is C24H23Cl2N3O3. The van der Waals surface area contributed by atoms with Crippen LogP contribution in [0.25, 0.3) is 0 Å². The van der Waals surface area contributed by atoms with Crippen molar-refractivity contribution in [3.63, 3.8) is 0 Å². The van der Waals surface area contributed by atoms with Crippen LogP contribution in [0.15, 0.2) is 73.1 Å². The highest BCUT2D eigenvalue weighted by Crippen LogP contribution is 2.23. The number of pyridine rings is 1. The normalized spacial score (nSPS) is 11.5. The number of rotatable bonds is 9. The number of aromatic nitrogens is 1. The van der Waals surface area contributed by atoms with Crippen LogP contribution in [0.1, 0.15) is 18.1 Å². The molecule has 2 aromatic carbocycles. The van der Waals surface area contributed by atoms with Crippen molar-refractivity contribution in [2.75, 3.05) is 6.61 Å². The van der Waals surface area contributed by atoms with Crippen LogP contribution in [0.3, 0.4) is 0 Å². The first kappa shape index (κ1) is 23.6. The Bertz CT molecular complexity index is 1050. The fourth-order valence-corrected chi connectivity index (χ4v) is 3.31. The van der Waals surface area contributed by atoms with E-state index in [4.69, 9.17) is 27.9 Å². The maximum absolute atomic E-state index is 13.1. The van der Waals surface area contributed by atoms with Gasteiger partial charge in [-0.3, -0.25) is 14.6 Å². The molecule has 1 atom stereocenters. The molecule has 0 unspecified atom stereocenters. The van der Waals surface area contributed by atoms with E-state index in [-0.39, 0.29) is 25.0 Å². The van der Waals surface area contributed by atoms with Gasteiger partial charge in [0.2, 0.25) is 5.91 Å². The topological polar surface area (TPSA) is 71.5 Å². The van der Waals surface area contributed by atoms with Crippen molar-refractivity contribution in [2.45, 2.75) is 26.1 Å². The fraction of sp³-hybridized carbons (Fsp3) is 0.208. The molecule has 0 aliphatic rings. The number of nitrogens with one attached hydrogen (secondary N) is 1. The van der Waals surface area contributed by atoms with Gasteiger partial charge < -0.3 is 15.0 Å². The second kappa shape index (κ2) is 11.5. The number of para-hydroxylation sites is 1. The van der Waals surface area contributed by atoms with Gasteiger partial charge in [-0.05, 0) is 48.4 Å². The Balaban J connectivity index is 1.71. The van der Waals surface area contributed by atoms with E-state index in [1.54, 1.807) is 61.8 Å². The molecule has 0 aliphatic carbocycles. The smallest absolute Gasteiger partial charge is 0.261 e. The minimum Gasteiger partial charge on any atom is -0.482 e. The van der Waals surface area contributed by atoms with Crippen LogP contribution in [-0.2, 0) is 22.7 Å². The third-order valence-electron chi connectivity index (χ3n) is 4.81. The summed E-state index contributed by atoms with van der Waals surface area (Å²) in [7, 11) is 0. The molecule has 6 nitrogen and oxygen atoms in total. The molecule has 2 amide bonds. The number of nitrogens with zero attached hydrogens (tertiary/aromatic N) is 2. The molecule has 0 saturated heterocycles. The molecule has 0 fully saturated rings. The predicted octanol–water partition coefficient (Wildman–Crippen LogP) is 4.50. The fourth-order valence-electron chi connectivity index (χ4n) is 2.99. The lowest BCUT2D eigenvalue weighted by atomic mass is 10.1. The lowest BCUT2D eigenvalue weighted by Gasteiger charge is -2.29. The maximum atomic E-state index is 13.1. The van der Waals surface area contributed by atoms with E-state index in [0.29, 0.717) is 22.3 Å². The van der Waals surface area contributed by atoms with Crippen molar-refractivity contribution in [3.05, 3.63) is 94.2 Å². The highest BCUT2D eigenvalue weighted by molar-refractivity contribution is 6.32. The Labute approximate surface area is 197 Å². The van der Waals surface area contributed by atoms with Crippen molar-refractivity contribution >= 4 is 35.0 Å². The monoisotopic (exact) mass is 471 g/mol. The zero-order valence-corrected chi connectivity index (χ0v) is 19.0. The predicted molar refractivity (Wildman–Crippen MR) is 124 cm³/mol. The van der Waals surface area contributed by atoms with Crippen molar-refractivity contribution in [1.29, 1.82) is 0 Å². The van der Waals surface area contributed by atoms with Crippen LogP contribution in [0.2, 0.25) is 10.0 Å². The van der Waals surface area contributed by atoms with Gasteiger partial charge in [-0.2, -0.15) is 0 Å². The van der Waals surface area contributed by atoms with Gasteiger partial charge in [-0.15, -0.1) is 0 Å². The summed E-state index contributed by atoms with van der Waals surface area (Å²) in [6.07, 6.45) is 3.35. The molecule has 0 radical (unpaired) electrons. The molecule has 1 heterocycles. The summed E-state index contributed by atoms with van der Waals surface area (Å²) < 4.78 is 5.61. The summed E-state index contributed by atoms with van der Waals surface area (Å²) in [6.45, 7) is 1.97. The standard InChI is InChI=1S/C24H23Cl2N3O3/c1-17(24(31)28-14-19-5-4-12-27-13-19)29(15-18-8-10-20(25)11-9-18)23(30)16-32-22-7-3-2-6-21(22)26/h2-13,17H,14-16H2,1H3,(H,28,31)/t17-/m0/s1. The number of halogens is 2. The first-order valence-corrected chi connectivity index (χ1v) is 10.8. The first-order valence-electron chi connectivity index (χ1n) is 10.0. The molecule has 3 aromatic rings. The second-order valence-electron chi connectivity index (χ2n) is 7.12. The minimum absolute atomic E-state index is 0.226. The molecule has 0 spiro atoms. The molecule has 0 bridgehead atoms. The molecule has 8 heteroatoms. The van der Waals surface area contributed by atoms with Gasteiger partial charge in [-0.25, -0.2) is 0 Å². The van der Waals surface area contributed by atoms with Crippen LogP contribution < -0.4 is 10.1 Å². The van der Waals surface area contributed by atoms with Crippen molar-refractivity contribution in [3.8, 4) is 5.75 Å². The van der Waals surface area contributed by atoms with Gasteiger partial charge in [0.05, 0.1) is 5.02 Å². The van der Waals surface area contributed by atoms with Crippen molar-refractivity contribution in [1.82, 2.24) is 15.2 Å². The third kappa shape index (κ3) is 6.70. The molecule has 1 N–H and O–H groups in total. The van der Waals surface area contributed by atoms with Gasteiger partial charge in [0, 0.05) is 30.5 Å². The van der Waals surface area contributed by atoms with E-state index in [1.807, 2.05) is 18.2 Å². The zero-order valence-electron chi connectivity index (χ0n) is 17.5. The number of hydrogen-bond donors (Lipinski definition) is 1. The Hall–Kier alpha value is -3.09. The number of carbonyl (C=O) groups excluding carboxylic acids is 2. The van der Waals surface area contributed by atoms with Gasteiger partial charge >= 0.3 is 0 Å². The third-order valence-corrected chi connectivity index (χ3v) is 5.38. The molecule has 0 aliphatic heterocycles. The van der Waals surface area contributed by atoms with Crippen LogP contribution >= 0.6 is 23.2 Å². The highest BCUT2D eigenvalue weighted by Gasteiger charge is 2.26. The summed E-state index contributed by atoms with van der Waals surface area (Å²) in [5, 5.41) is 3.86. The Morgan fingerprint density at radius 1 is 1.03 bits per heavy atom. The average molecular weight is 472 g/mol. The summed E-state index contributed by atoms with van der Waals surface area (Å²) >= 11 is 12.1. The van der Waals surface area contributed by atoms with Crippen LogP contribution in [0.4, 0.5) is 0 Å².